The zero-order valence-electron chi connectivity index (χ0n) is 11.1. The lowest BCUT2D eigenvalue weighted by atomic mass is 9.77. The number of nitrogens with one attached hydrogen (secondary N) is 1. The summed E-state index contributed by atoms with van der Waals surface area (Å²) in [6.45, 7) is 6.46. The van der Waals surface area contributed by atoms with Crippen LogP contribution >= 0.6 is 0 Å². The highest BCUT2D eigenvalue weighted by atomic mass is 16.6. The topological polar surface area (TPSA) is 61.2 Å². The first-order valence-electron chi connectivity index (χ1n) is 6.43. The van der Waals surface area contributed by atoms with Gasteiger partial charge in [0.1, 0.15) is 11.3 Å². The highest BCUT2D eigenvalue weighted by Gasteiger charge is 2.58. The number of hydrogen-bond acceptors (Lipinski definition) is 5. The van der Waals surface area contributed by atoms with Crippen LogP contribution < -0.4 is 5.32 Å². The maximum absolute atomic E-state index is 6.15. The zero-order valence-corrected chi connectivity index (χ0v) is 11.1. The van der Waals surface area contributed by atoms with Gasteiger partial charge in [0.25, 0.3) is 0 Å². The third kappa shape index (κ3) is 1.60. The fourth-order valence-corrected chi connectivity index (χ4v) is 3.14. The normalized spacial score (nSPS) is 35.2. The van der Waals surface area contributed by atoms with Crippen LogP contribution in [0.5, 0.6) is 0 Å². The zero-order chi connectivity index (χ0) is 12.8. The molecule has 2 saturated heterocycles. The fraction of sp³-hybridized carbons (Fsp3) is 0.833. The summed E-state index contributed by atoms with van der Waals surface area (Å²) in [4.78, 5) is 1.59. The third-order valence-electron chi connectivity index (χ3n) is 4.15. The predicted molar refractivity (Wildman–Crippen MR) is 65.1 cm³/mol. The Bertz CT molecular complexity index is 445. The second kappa shape index (κ2) is 4.01. The Balaban J connectivity index is 2.00. The van der Waals surface area contributed by atoms with Gasteiger partial charge in [-0.25, -0.2) is 0 Å². The van der Waals surface area contributed by atoms with Crippen molar-refractivity contribution < 1.29 is 9.47 Å². The minimum atomic E-state index is -0.346. The van der Waals surface area contributed by atoms with E-state index in [9.17, 15) is 0 Å². The van der Waals surface area contributed by atoms with Crippen LogP contribution in [0.25, 0.3) is 0 Å². The molecule has 2 atom stereocenters. The van der Waals surface area contributed by atoms with Gasteiger partial charge >= 0.3 is 0 Å². The quantitative estimate of drug-likeness (QED) is 0.784. The highest BCUT2D eigenvalue weighted by molar-refractivity contribution is 5.18. The summed E-state index contributed by atoms with van der Waals surface area (Å²) in [5, 5.41) is 12.1. The van der Waals surface area contributed by atoms with Gasteiger partial charge in [-0.1, -0.05) is 0 Å². The molecule has 2 unspecified atom stereocenters. The van der Waals surface area contributed by atoms with Gasteiger partial charge in [-0.15, -0.1) is 0 Å². The lowest BCUT2D eigenvalue weighted by Gasteiger charge is -2.47. The molecule has 0 radical (unpaired) electrons. The van der Waals surface area contributed by atoms with Crippen LogP contribution in [0.2, 0.25) is 0 Å². The lowest BCUT2D eigenvalue weighted by Crippen LogP contribution is -2.60. The van der Waals surface area contributed by atoms with Crippen molar-refractivity contribution >= 4 is 0 Å². The average Bonchev–Trinajstić information content (AvgIpc) is 2.86. The third-order valence-corrected chi connectivity index (χ3v) is 4.15. The first-order chi connectivity index (χ1) is 8.55. The van der Waals surface area contributed by atoms with E-state index < -0.39 is 0 Å². The molecular weight excluding hydrogens is 232 g/mol. The van der Waals surface area contributed by atoms with E-state index in [1.807, 2.05) is 13.2 Å². The molecule has 3 heterocycles. The summed E-state index contributed by atoms with van der Waals surface area (Å²) in [5.41, 5.74) is 0.264. The maximum atomic E-state index is 6.15. The maximum Gasteiger partial charge on any atom is 0.120 e. The van der Waals surface area contributed by atoms with E-state index in [2.05, 4.69) is 29.4 Å². The summed E-state index contributed by atoms with van der Waals surface area (Å²) >= 11 is 0. The average molecular weight is 252 g/mol. The molecule has 1 aromatic heterocycles. The number of morpholine rings is 1. The molecule has 1 aromatic rings. The first kappa shape index (κ1) is 12.1. The second-order valence-electron chi connectivity index (χ2n) is 5.49. The molecule has 3 rings (SSSR count). The van der Waals surface area contributed by atoms with Crippen LogP contribution in [0.15, 0.2) is 6.20 Å². The van der Waals surface area contributed by atoms with Crippen LogP contribution in [-0.2, 0) is 16.5 Å². The molecule has 6 nitrogen and oxygen atoms in total. The Morgan fingerprint density at radius 3 is 2.83 bits per heavy atom. The van der Waals surface area contributed by atoms with E-state index >= 15 is 0 Å². The van der Waals surface area contributed by atoms with Crippen molar-refractivity contribution in [2.24, 2.45) is 7.05 Å². The molecule has 2 aliphatic heterocycles. The Kier molecular flexibility index (Phi) is 2.69. The monoisotopic (exact) mass is 252 g/mol. The molecule has 0 aliphatic carbocycles. The van der Waals surface area contributed by atoms with E-state index in [1.165, 1.54) is 0 Å². The van der Waals surface area contributed by atoms with Gasteiger partial charge in [-0.05, 0) is 13.8 Å². The molecule has 100 valence electrons. The van der Waals surface area contributed by atoms with E-state index in [4.69, 9.17) is 9.47 Å². The Morgan fingerprint density at radius 2 is 2.22 bits per heavy atom. The number of aryl methyl sites for hydroxylation is 1. The highest BCUT2D eigenvalue weighted by Crippen LogP contribution is 2.47. The summed E-state index contributed by atoms with van der Waals surface area (Å²) in [6.07, 6.45) is 2.69. The lowest BCUT2D eigenvalue weighted by molar-refractivity contribution is -0.172. The van der Waals surface area contributed by atoms with Crippen LogP contribution in [-0.4, -0.2) is 46.0 Å². The van der Waals surface area contributed by atoms with Gasteiger partial charge in [-0.3, -0.25) is 0 Å². The molecule has 0 amide bonds. The number of nitrogens with zero attached hydrogens (tertiary/aromatic N) is 3. The Labute approximate surface area is 107 Å². The molecule has 18 heavy (non-hydrogen) atoms. The van der Waals surface area contributed by atoms with Crippen molar-refractivity contribution in [1.29, 1.82) is 0 Å². The summed E-state index contributed by atoms with van der Waals surface area (Å²) in [7, 11) is 1.83. The second-order valence-corrected chi connectivity index (χ2v) is 5.49. The molecule has 6 heteroatoms. The van der Waals surface area contributed by atoms with Crippen LogP contribution in [0.1, 0.15) is 32.0 Å². The molecule has 0 bridgehead atoms. The van der Waals surface area contributed by atoms with Crippen molar-refractivity contribution in [2.75, 3.05) is 19.8 Å². The number of rotatable bonds is 1. The van der Waals surface area contributed by atoms with E-state index in [-0.39, 0.29) is 17.2 Å². The summed E-state index contributed by atoms with van der Waals surface area (Å²) in [5.74, 6) is 0. The predicted octanol–water partition coefficient (Wildman–Crippen LogP) is 0.414. The van der Waals surface area contributed by atoms with E-state index in [1.54, 1.807) is 4.80 Å². The van der Waals surface area contributed by atoms with Gasteiger partial charge in [0, 0.05) is 20.0 Å². The fourth-order valence-electron chi connectivity index (χ4n) is 3.14. The van der Waals surface area contributed by atoms with Crippen molar-refractivity contribution in [2.45, 2.75) is 37.5 Å². The van der Waals surface area contributed by atoms with E-state index in [0.717, 1.165) is 25.3 Å². The molecule has 0 saturated carbocycles. The van der Waals surface area contributed by atoms with Crippen molar-refractivity contribution in [1.82, 2.24) is 20.3 Å². The Hall–Kier alpha value is -0.980. The number of aromatic nitrogens is 3. The molecule has 2 fully saturated rings. The molecule has 2 aliphatic rings. The Morgan fingerprint density at radius 1 is 1.39 bits per heavy atom. The van der Waals surface area contributed by atoms with Crippen LogP contribution in [0.4, 0.5) is 0 Å². The van der Waals surface area contributed by atoms with Gasteiger partial charge in [0.15, 0.2) is 0 Å². The van der Waals surface area contributed by atoms with Crippen LogP contribution in [0, 0.1) is 0 Å². The molecule has 1 N–H and O–H groups in total. The molecule has 1 spiro atoms. The SMILES string of the molecule is Cn1ncc(C2NCCOC23CCOC3(C)C)n1. The smallest absolute Gasteiger partial charge is 0.120 e. The number of hydrogen-bond donors (Lipinski definition) is 1. The molecule has 0 aromatic carbocycles. The number of ether oxygens (including phenoxy) is 2. The van der Waals surface area contributed by atoms with Crippen molar-refractivity contribution in [3.8, 4) is 0 Å². The molecular formula is C12H20N4O2. The van der Waals surface area contributed by atoms with Gasteiger partial charge in [-0.2, -0.15) is 15.0 Å². The largest absolute Gasteiger partial charge is 0.372 e. The summed E-state index contributed by atoms with van der Waals surface area (Å²) in [6, 6.07) is 0.0393. The summed E-state index contributed by atoms with van der Waals surface area (Å²) < 4.78 is 12.0. The van der Waals surface area contributed by atoms with Gasteiger partial charge in [0.05, 0.1) is 31.1 Å². The minimum absolute atomic E-state index is 0.0393. The van der Waals surface area contributed by atoms with Crippen molar-refractivity contribution in [3.63, 3.8) is 0 Å². The standard InChI is InChI=1S/C12H20N4O2/c1-11(2)12(4-6-17-11)10(13-5-7-18-12)9-8-14-16(3)15-9/h8,10,13H,4-7H2,1-3H3. The van der Waals surface area contributed by atoms with Gasteiger partial charge < -0.3 is 14.8 Å². The van der Waals surface area contributed by atoms with Crippen molar-refractivity contribution in [3.05, 3.63) is 11.9 Å². The van der Waals surface area contributed by atoms with Crippen LogP contribution in [0.3, 0.4) is 0 Å². The minimum Gasteiger partial charge on any atom is -0.372 e. The van der Waals surface area contributed by atoms with Gasteiger partial charge in [0.2, 0.25) is 0 Å². The first-order valence-corrected chi connectivity index (χ1v) is 6.43. The van der Waals surface area contributed by atoms with E-state index in [0.29, 0.717) is 6.61 Å².